The second-order valence-electron chi connectivity index (χ2n) is 2.00. The smallest absolute Gasteiger partial charge is 0.240 e. The second-order valence-corrected chi connectivity index (χ2v) is 2.00. The standard InChI is InChI=1S/C7H9N5/c8-3-1-6-12(9)7-10-4-2-5-11-7/h2,4-5H,6,8-9H2. The van der Waals surface area contributed by atoms with Gasteiger partial charge in [0, 0.05) is 18.4 Å². The quantitative estimate of drug-likeness (QED) is 0.255. The summed E-state index contributed by atoms with van der Waals surface area (Å²) in [5.41, 5.74) is 4.97. The molecule has 0 aliphatic heterocycles. The maximum Gasteiger partial charge on any atom is 0.240 e. The van der Waals surface area contributed by atoms with Gasteiger partial charge in [0.25, 0.3) is 0 Å². The Hall–Kier alpha value is -1.80. The minimum atomic E-state index is 0.320. The van der Waals surface area contributed by atoms with Gasteiger partial charge in [-0.3, -0.25) is 5.01 Å². The molecular weight excluding hydrogens is 154 g/mol. The Morgan fingerprint density at radius 1 is 1.42 bits per heavy atom. The van der Waals surface area contributed by atoms with E-state index in [2.05, 4.69) is 21.9 Å². The van der Waals surface area contributed by atoms with Crippen molar-refractivity contribution in [3.05, 3.63) is 18.5 Å². The Balaban J connectivity index is 2.63. The van der Waals surface area contributed by atoms with Gasteiger partial charge in [0.2, 0.25) is 5.95 Å². The molecule has 1 rings (SSSR count). The van der Waals surface area contributed by atoms with Gasteiger partial charge in [-0.05, 0) is 6.07 Å². The fourth-order valence-corrected chi connectivity index (χ4v) is 0.641. The number of rotatable bonds is 2. The fraction of sp³-hybridized carbons (Fsp3) is 0.143. The first-order valence-electron chi connectivity index (χ1n) is 3.32. The molecular formula is C7H9N5. The lowest BCUT2D eigenvalue weighted by atomic mass is 10.6. The van der Waals surface area contributed by atoms with E-state index in [-0.39, 0.29) is 0 Å². The minimum Gasteiger partial charge on any atom is -0.359 e. The van der Waals surface area contributed by atoms with E-state index in [0.29, 0.717) is 12.5 Å². The average molecular weight is 163 g/mol. The van der Waals surface area contributed by atoms with Crippen LogP contribution in [0, 0.1) is 12.0 Å². The summed E-state index contributed by atoms with van der Waals surface area (Å²) in [5.74, 6) is 8.56. The third-order valence-corrected chi connectivity index (χ3v) is 1.16. The van der Waals surface area contributed by atoms with Crippen molar-refractivity contribution < 1.29 is 0 Å². The summed E-state index contributed by atoms with van der Waals surface area (Å²) in [4.78, 5) is 7.83. The van der Waals surface area contributed by atoms with Gasteiger partial charge >= 0.3 is 0 Å². The summed E-state index contributed by atoms with van der Waals surface area (Å²) in [6.45, 7) is 0.320. The van der Waals surface area contributed by atoms with Crippen molar-refractivity contribution in [2.24, 2.45) is 11.6 Å². The molecule has 5 heteroatoms. The summed E-state index contributed by atoms with van der Waals surface area (Å²) in [6.07, 6.45) is 3.22. The van der Waals surface area contributed by atoms with Gasteiger partial charge < -0.3 is 5.73 Å². The minimum absolute atomic E-state index is 0.320. The van der Waals surface area contributed by atoms with Crippen LogP contribution in [0.1, 0.15) is 0 Å². The van der Waals surface area contributed by atoms with Gasteiger partial charge in [-0.1, -0.05) is 5.92 Å². The van der Waals surface area contributed by atoms with Crippen LogP contribution in [0.5, 0.6) is 0 Å². The summed E-state index contributed by atoms with van der Waals surface area (Å²) < 4.78 is 0. The summed E-state index contributed by atoms with van der Waals surface area (Å²) in [5, 5.41) is 1.32. The first kappa shape index (κ1) is 8.30. The van der Waals surface area contributed by atoms with Crippen molar-refractivity contribution in [3.63, 3.8) is 0 Å². The zero-order valence-electron chi connectivity index (χ0n) is 6.44. The van der Waals surface area contributed by atoms with Crippen LogP contribution in [0.15, 0.2) is 18.5 Å². The van der Waals surface area contributed by atoms with Gasteiger partial charge in [-0.25, -0.2) is 15.8 Å². The van der Waals surface area contributed by atoms with E-state index in [1.54, 1.807) is 18.5 Å². The zero-order valence-corrected chi connectivity index (χ0v) is 6.44. The van der Waals surface area contributed by atoms with Crippen LogP contribution < -0.4 is 16.6 Å². The van der Waals surface area contributed by atoms with E-state index in [4.69, 9.17) is 11.6 Å². The van der Waals surface area contributed by atoms with Crippen LogP contribution in [-0.4, -0.2) is 16.5 Å². The summed E-state index contributed by atoms with van der Waals surface area (Å²) >= 11 is 0. The number of nitrogens with two attached hydrogens (primary N) is 2. The molecule has 62 valence electrons. The molecule has 0 amide bonds. The topological polar surface area (TPSA) is 81.1 Å². The van der Waals surface area contributed by atoms with Crippen molar-refractivity contribution in [1.29, 1.82) is 0 Å². The lowest BCUT2D eigenvalue weighted by Crippen LogP contribution is -2.32. The first-order valence-corrected chi connectivity index (χ1v) is 3.32. The predicted octanol–water partition coefficient (Wildman–Crippen LogP) is -0.924. The molecule has 0 unspecified atom stereocenters. The Bertz CT molecular complexity index is 286. The third kappa shape index (κ3) is 2.11. The Labute approximate surface area is 70.4 Å². The molecule has 0 spiro atoms. The Morgan fingerprint density at radius 2 is 2.08 bits per heavy atom. The number of hydrogen-bond acceptors (Lipinski definition) is 5. The van der Waals surface area contributed by atoms with E-state index >= 15 is 0 Å². The molecule has 1 aromatic heterocycles. The Kier molecular flexibility index (Phi) is 2.87. The highest BCUT2D eigenvalue weighted by molar-refractivity contribution is 5.27. The first-order chi connectivity index (χ1) is 5.84. The molecule has 0 atom stereocenters. The molecule has 1 aromatic rings. The SMILES string of the molecule is NC#CCN(N)c1ncccn1. The van der Waals surface area contributed by atoms with Crippen molar-refractivity contribution in [1.82, 2.24) is 9.97 Å². The molecule has 0 aliphatic rings. The lowest BCUT2D eigenvalue weighted by molar-refractivity contribution is 0.885. The number of anilines is 1. The number of hydrazine groups is 1. The third-order valence-electron chi connectivity index (χ3n) is 1.16. The van der Waals surface area contributed by atoms with Crippen molar-refractivity contribution >= 4 is 5.95 Å². The van der Waals surface area contributed by atoms with Gasteiger partial charge in [0.1, 0.15) is 0 Å². The van der Waals surface area contributed by atoms with E-state index in [9.17, 15) is 0 Å². The fourth-order valence-electron chi connectivity index (χ4n) is 0.641. The number of nitrogens with zero attached hydrogens (tertiary/aromatic N) is 3. The van der Waals surface area contributed by atoms with Crippen LogP contribution in [0.2, 0.25) is 0 Å². The highest BCUT2D eigenvalue weighted by atomic mass is 15.4. The van der Waals surface area contributed by atoms with Crippen LogP contribution in [0.25, 0.3) is 0 Å². The van der Waals surface area contributed by atoms with Crippen molar-refractivity contribution in [3.8, 4) is 12.0 Å². The molecule has 0 radical (unpaired) electrons. The lowest BCUT2D eigenvalue weighted by Gasteiger charge is -2.11. The van der Waals surface area contributed by atoms with Crippen molar-refractivity contribution in [2.45, 2.75) is 0 Å². The zero-order chi connectivity index (χ0) is 8.81. The highest BCUT2D eigenvalue weighted by Crippen LogP contribution is 1.97. The molecule has 5 nitrogen and oxygen atoms in total. The number of hydrogen-bond donors (Lipinski definition) is 2. The molecule has 0 bridgehead atoms. The predicted molar refractivity (Wildman–Crippen MR) is 45.5 cm³/mol. The van der Waals surface area contributed by atoms with E-state index in [1.165, 1.54) is 5.01 Å². The van der Waals surface area contributed by atoms with Gasteiger partial charge in [0.05, 0.1) is 6.54 Å². The molecule has 0 saturated heterocycles. The molecule has 12 heavy (non-hydrogen) atoms. The van der Waals surface area contributed by atoms with Crippen LogP contribution in [0.4, 0.5) is 5.95 Å². The van der Waals surface area contributed by atoms with Crippen LogP contribution in [0.3, 0.4) is 0 Å². The summed E-state index contributed by atoms with van der Waals surface area (Å²) in [7, 11) is 0. The largest absolute Gasteiger partial charge is 0.359 e. The highest BCUT2D eigenvalue weighted by Gasteiger charge is 1.99. The van der Waals surface area contributed by atoms with Gasteiger partial charge in [-0.2, -0.15) is 0 Å². The van der Waals surface area contributed by atoms with Crippen molar-refractivity contribution in [2.75, 3.05) is 11.6 Å². The normalized spacial score (nSPS) is 8.42. The van der Waals surface area contributed by atoms with Gasteiger partial charge in [0.15, 0.2) is 0 Å². The van der Waals surface area contributed by atoms with Crippen LogP contribution >= 0.6 is 0 Å². The maximum absolute atomic E-state index is 5.53. The van der Waals surface area contributed by atoms with Gasteiger partial charge in [-0.15, -0.1) is 0 Å². The molecule has 1 heterocycles. The molecule has 0 aromatic carbocycles. The maximum atomic E-state index is 5.53. The summed E-state index contributed by atoms with van der Waals surface area (Å²) in [6, 6.07) is 3.96. The van der Waals surface area contributed by atoms with E-state index in [0.717, 1.165) is 0 Å². The second kappa shape index (κ2) is 4.16. The van der Waals surface area contributed by atoms with E-state index in [1.807, 2.05) is 0 Å². The van der Waals surface area contributed by atoms with Crippen LogP contribution in [-0.2, 0) is 0 Å². The Morgan fingerprint density at radius 3 is 2.67 bits per heavy atom. The molecule has 0 fully saturated rings. The monoisotopic (exact) mass is 163 g/mol. The molecule has 0 aliphatic carbocycles. The van der Waals surface area contributed by atoms with E-state index < -0.39 is 0 Å². The molecule has 0 saturated carbocycles. The number of aromatic nitrogens is 2. The molecule has 4 N–H and O–H groups in total. The average Bonchev–Trinajstić information content (AvgIpc) is 2.15.